The molecule has 0 aromatic heterocycles. The topological polar surface area (TPSA) is 74.7 Å². The number of halogens is 1. The molecule has 0 unspecified atom stereocenters. The van der Waals surface area contributed by atoms with E-state index in [2.05, 4.69) is 25.9 Å². The van der Waals surface area contributed by atoms with Gasteiger partial charge in [0.1, 0.15) is 23.9 Å². The molecule has 32 heavy (non-hydrogen) atoms. The molecule has 0 radical (unpaired) electrons. The molecule has 2 aromatic rings. The summed E-state index contributed by atoms with van der Waals surface area (Å²) in [7, 11) is 1.63. The third-order valence-electron chi connectivity index (χ3n) is 5.48. The average Bonchev–Trinajstić information content (AvgIpc) is 2.84. The molecule has 0 atom stereocenters. The zero-order valence-corrected chi connectivity index (χ0v) is 19.5. The van der Waals surface area contributed by atoms with Crippen LogP contribution in [0.25, 0.3) is 0 Å². The number of carbonyl (C=O) groups is 2. The maximum Gasteiger partial charge on any atom is 0.270 e. The monoisotopic (exact) mass is 500 g/mol. The van der Waals surface area contributed by atoms with Crippen LogP contribution >= 0.6 is 15.9 Å². The Morgan fingerprint density at radius 3 is 2.28 bits per heavy atom. The minimum Gasteiger partial charge on any atom is -0.497 e. The molecular weight excluding hydrogens is 476 g/mol. The Morgan fingerprint density at radius 1 is 0.969 bits per heavy atom. The highest BCUT2D eigenvalue weighted by Gasteiger charge is 2.30. The zero-order valence-electron chi connectivity index (χ0n) is 17.9. The summed E-state index contributed by atoms with van der Waals surface area (Å²) in [5.41, 5.74) is 1.08. The second-order valence-electron chi connectivity index (χ2n) is 7.59. The summed E-state index contributed by atoms with van der Waals surface area (Å²) in [6, 6.07) is 14.8. The fourth-order valence-corrected chi connectivity index (χ4v) is 3.86. The van der Waals surface area contributed by atoms with E-state index in [0.717, 1.165) is 16.0 Å². The van der Waals surface area contributed by atoms with Crippen molar-refractivity contribution in [2.45, 2.75) is 12.8 Å². The van der Waals surface area contributed by atoms with Crippen molar-refractivity contribution in [1.82, 2.24) is 9.80 Å². The minimum absolute atomic E-state index is 0.102. The van der Waals surface area contributed by atoms with Gasteiger partial charge in [-0.2, -0.15) is 5.10 Å². The average molecular weight is 501 g/mol. The predicted molar refractivity (Wildman–Crippen MR) is 125 cm³/mol. The molecule has 4 rings (SSSR count). The molecule has 168 valence electrons. The largest absolute Gasteiger partial charge is 0.497 e. The standard InChI is InChI=1S/C23H25BrN4O4/c1-31-19-6-8-20(9-7-19)32-16-26-12-14-27(15-13-26)23(30)21-10-11-22(29)28(25-21)18-4-2-17(24)3-5-18/h2-9H,10-16H2,1H3. The Labute approximate surface area is 195 Å². The molecule has 8 nitrogen and oxygen atoms in total. The Morgan fingerprint density at radius 2 is 1.62 bits per heavy atom. The maximum absolute atomic E-state index is 13.0. The van der Waals surface area contributed by atoms with E-state index in [4.69, 9.17) is 9.47 Å². The van der Waals surface area contributed by atoms with Crippen LogP contribution in [0.4, 0.5) is 5.69 Å². The van der Waals surface area contributed by atoms with Crippen LogP contribution in [-0.2, 0) is 9.59 Å². The lowest BCUT2D eigenvalue weighted by Crippen LogP contribution is -2.52. The number of nitrogens with zero attached hydrogens (tertiary/aromatic N) is 4. The third-order valence-corrected chi connectivity index (χ3v) is 6.01. The van der Waals surface area contributed by atoms with E-state index in [1.165, 1.54) is 5.01 Å². The Balaban J connectivity index is 1.31. The molecule has 0 N–H and O–H groups in total. The summed E-state index contributed by atoms with van der Waals surface area (Å²) >= 11 is 3.39. The van der Waals surface area contributed by atoms with Crippen molar-refractivity contribution in [3.8, 4) is 11.5 Å². The Kier molecular flexibility index (Phi) is 7.06. The first kappa shape index (κ1) is 22.3. The number of ether oxygens (including phenoxy) is 2. The lowest BCUT2D eigenvalue weighted by molar-refractivity contribution is -0.126. The van der Waals surface area contributed by atoms with Gasteiger partial charge in [-0.25, -0.2) is 5.01 Å². The first-order chi connectivity index (χ1) is 15.5. The molecule has 1 saturated heterocycles. The predicted octanol–water partition coefficient (Wildman–Crippen LogP) is 3.12. The molecule has 0 aliphatic carbocycles. The molecule has 0 saturated carbocycles. The van der Waals surface area contributed by atoms with Gasteiger partial charge >= 0.3 is 0 Å². The number of amides is 2. The van der Waals surface area contributed by atoms with Crippen LogP contribution in [-0.4, -0.2) is 67.3 Å². The summed E-state index contributed by atoms with van der Waals surface area (Å²) < 4.78 is 11.9. The molecular formula is C23H25BrN4O4. The van der Waals surface area contributed by atoms with Gasteiger partial charge in [0.15, 0.2) is 0 Å². The Hall–Kier alpha value is -2.91. The van der Waals surface area contributed by atoms with Crippen LogP contribution in [0.1, 0.15) is 12.8 Å². The SMILES string of the molecule is COc1ccc(OCN2CCN(C(=O)C3=NN(c4ccc(Br)cc4)C(=O)CC3)CC2)cc1. The van der Waals surface area contributed by atoms with Crippen LogP contribution in [0.5, 0.6) is 11.5 Å². The highest BCUT2D eigenvalue weighted by Crippen LogP contribution is 2.23. The van der Waals surface area contributed by atoms with Crippen molar-refractivity contribution in [2.24, 2.45) is 5.10 Å². The summed E-state index contributed by atoms with van der Waals surface area (Å²) in [4.78, 5) is 29.3. The quantitative estimate of drug-likeness (QED) is 0.609. The summed E-state index contributed by atoms with van der Waals surface area (Å²) in [6.07, 6.45) is 0.641. The van der Waals surface area contributed by atoms with Crippen LogP contribution in [0.15, 0.2) is 58.1 Å². The van der Waals surface area contributed by atoms with Crippen molar-refractivity contribution in [3.63, 3.8) is 0 Å². The van der Waals surface area contributed by atoms with Gasteiger partial charge in [-0.1, -0.05) is 15.9 Å². The van der Waals surface area contributed by atoms with E-state index in [1.807, 2.05) is 36.4 Å². The van der Waals surface area contributed by atoms with Crippen LogP contribution < -0.4 is 14.5 Å². The van der Waals surface area contributed by atoms with E-state index in [1.54, 1.807) is 24.1 Å². The number of hydrazone groups is 1. The van der Waals surface area contributed by atoms with Gasteiger partial charge in [-0.3, -0.25) is 14.5 Å². The second kappa shape index (κ2) is 10.1. The number of carbonyl (C=O) groups excluding carboxylic acids is 2. The summed E-state index contributed by atoms with van der Waals surface area (Å²) in [5, 5.41) is 5.73. The van der Waals surface area contributed by atoms with Gasteiger partial charge < -0.3 is 14.4 Å². The fourth-order valence-electron chi connectivity index (χ4n) is 3.59. The van der Waals surface area contributed by atoms with Gasteiger partial charge in [0.25, 0.3) is 5.91 Å². The Bertz CT molecular complexity index is 986. The number of hydrogen-bond donors (Lipinski definition) is 0. The molecule has 1 fully saturated rings. The molecule has 2 amide bonds. The number of hydrogen-bond acceptors (Lipinski definition) is 6. The number of benzene rings is 2. The number of anilines is 1. The van der Waals surface area contributed by atoms with Crippen LogP contribution in [0, 0.1) is 0 Å². The molecule has 2 heterocycles. The molecule has 0 spiro atoms. The molecule has 2 aliphatic heterocycles. The number of piperazine rings is 1. The second-order valence-corrected chi connectivity index (χ2v) is 8.50. The van der Waals surface area contributed by atoms with E-state index >= 15 is 0 Å². The number of methoxy groups -OCH3 is 1. The normalized spacial score (nSPS) is 17.2. The van der Waals surface area contributed by atoms with E-state index in [-0.39, 0.29) is 18.2 Å². The van der Waals surface area contributed by atoms with Crippen LogP contribution in [0.3, 0.4) is 0 Å². The van der Waals surface area contributed by atoms with Gasteiger partial charge in [-0.15, -0.1) is 0 Å². The zero-order chi connectivity index (χ0) is 22.5. The smallest absolute Gasteiger partial charge is 0.270 e. The molecule has 9 heteroatoms. The lowest BCUT2D eigenvalue weighted by Gasteiger charge is -2.35. The van der Waals surface area contributed by atoms with Crippen molar-refractivity contribution in [1.29, 1.82) is 0 Å². The summed E-state index contributed by atoms with van der Waals surface area (Å²) in [5.74, 6) is 1.36. The minimum atomic E-state index is -0.107. The van der Waals surface area contributed by atoms with E-state index in [0.29, 0.717) is 50.7 Å². The van der Waals surface area contributed by atoms with Crippen molar-refractivity contribution < 1.29 is 19.1 Å². The highest BCUT2D eigenvalue weighted by atomic mass is 79.9. The fraction of sp³-hybridized carbons (Fsp3) is 0.348. The molecule has 2 aromatic carbocycles. The highest BCUT2D eigenvalue weighted by molar-refractivity contribution is 9.10. The molecule has 0 bridgehead atoms. The van der Waals surface area contributed by atoms with E-state index < -0.39 is 0 Å². The van der Waals surface area contributed by atoms with Crippen LogP contribution in [0.2, 0.25) is 0 Å². The van der Waals surface area contributed by atoms with Gasteiger partial charge in [-0.05, 0) is 48.5 Å². The van der Waals surface area contributed by atoms with Crippen molar-refractivity contribution in [3.05, 3.63) is 53.0 Å². The number of rotatable bonds is 6. The first-order valence-corrected chi connectivity index (χ1v) is 11.3. The third kappa shape index (κ3) is 5.28. The summed E-state index contributed by atoms with van der Waals surface area (Å²) in [6.45, 7) is 3.07. The van der Waals surface area contributed by atoms with Gasteiger partial charge in [0.05, 0.1) is 12.8 Å². The van der Waals surface area contributed by atoms with Crippen molar-refractivity contribution in [2.75, 3.05) is 45.0 Å². The van der Waals surface area contributed by atoms with Crippen molar-refractivity contribution >= 4 is 39.1 Å². The van der Waals surface area contributed by atoms with Gasteiger partial charge in [0.2, 0.25) is 5.91 Å². The van der Waals surface area contributed by atoms with E-state index in [9.17, 15) is 9.59 Å². The lowest BCUT2D eigenvalue weighted by atomic mass is 10.1. The first-order valence-electron chi connectivity index (χ1n) is 10.5. The molecule has 2 aliphatic rings. The maximum atomic E-state index is 13.0. The van der Waals surface area contributed by atoms with Gasteiger partial charge in [0, 0.05) is 43.5 Å².